The van der Waals surface area contributed by atoms with E-state index in [0.29, 0.717) is 31.1 Å². The molecule has 0 aromatic heterocycles. The predicted molar refractivity (Wildman–Crippen MR) is 185 cm³/mol. The minimum Gasteiger partial charge on any atom is -0.486 e. The Morgan fingerprint density at radius 3 is 2.19 bits per heavy atom. The fourth-order valence-corrected chi connectivity index (χ4v) is 7.14. The van der Waals surface area contributed by atoms with E-state index in [9.17, 15) is 18.0 Å². The minimum atomic E-state index is -4.24. The lowest BCUT2D eigenvalue weighted by atomic mass is 10.0. The molecule has 4 aromatic rings. The largest absolute Gasteiger partial charge is 0.486 e. The first kappa shape index (κ1) is 34.0. The molecule has 1 N–H and O–H groups in total. The van der Waals surface area contributed by atoms with Crippen molar-refractivity contribution < 1.29 is 27.5 Å². The number of hydrogen-bond acceptors (Lipinski definition) is 6. The second-order valence-electron chi connectivity index (χ2n) is 11.3. The third-order valence-electron chi connectivity index (χ3n) is 7.94. The topological polar surface area (TPSA) is 105 Å². The van der Waals surface area contributed by atoms with Crippen LogP contribution in [-0.4, -0.2) is 57.0 Å². The summed E-state index contributed by atoms with van der Waals surface area (Å²) >= 11 is 3.51. The number of carbonyl (C=O) groups is 2. The van der Waals surface area contributed by atoms with Crippen LogP contribution in [0, 0.1) is 0 Å². The zero-order valence-electron chi connectivity index (χ0n) is 26.3. The zero-order valence-corrected chi connectivity index (χ0v) is 28.7. The van der Waals surface area contributed by atoms with Crippen molar-refractivity contribution in [3.8, 4) is 11.5 Å². The van der Waals surface area contributed by atoms with Crippen molar-refractivity contribution in [1.82, 2.24) is 10.2 Å². The maximum atomic E-state index is 14.6. The number of halogens is 1. The highest BCUT2D eigenvalue weighted by atomic mass is 79.9. The van der Waals surface area contributed by atoms with E-state index in [2.05, 4.69) is 21.2 Å². The molecule has 2 atom stereocenters. The van der Waals surface area contributed by atoms with Crippen molar-refractivity contribution in [2.45, 2.75) is 50.2 Å². The van der Waals surface area contributed by atoms with Gasteiger partial charge in [-0.25, -0.2) is 8.42 Å². The molecule has 11 heteroatoms. The molecule has 0 saturated carbocycles. The normalized spacial score (nSPS) is 13.7. The van der Waals surface area contributed by atoms with Gasteiger partial charge in [0.25, 0.3) is 10.0 Å². The molecule has 47 heavy (non-hydrogen) atoms. The number of nitrogens with zero attached hydrogens (tertiary/aromatic N) is 2. The summed E-state index contributed by atoms with van der Waals surface area (Å²) in [6, 6.07) is 28.7. The lowest BCUT2D eigenvalue weighted by Gasteiger charge is -2.34. The Hall–Kier alpha value is -4.35. The van der Waals surface area contributed by atoms with Gasteiger partial charge in [0.15, 0.2) is 11.5 Å². The first-order valence-corrected chi connectivity index (χ1v) is 17.7. The predicted octanol–water partition coefficient (Wildman–Crippen LogP) is 5.97. The summed E-state index contributed by atoms with van der Waals surface area (Å²) in [5.74, 6) is 0.0163. The van der Waals surface area contributed by atoms with Gasteiger partial charge < -0.3 is 19.7 Å². The Morgan fingerprint density at radius 1 is 0.851 bits per heavy atom. The first-order chi connectivity index (χ1) is 22.7. The van der Waals surface area contributed by atoms with Crippen molar-refractivity contribution in [3.63, 3.8) is 0 Å². The Balaban J connectivity index is 1.59. The van der Waals surface area contributed by atoms with Crippen LogP contribution in [-0.2, 0) is 32.6 Å². The van der Waals surface area contributed by atoms with Gasteiger partial charge in [0.05, 0.1) is 10.6 Å². The Kier molecular flexibility index (Phi) is 11.2. The second-order valence-corrected chi connectivity index (χ2v) is 14.1. The molecule has 2 amide bonds. The standard InChI is InChI=1S/C36H38BrN3O6S/c1-3-26(2)38-36(42)32(22-27-11-6-4-7-12-27)39(24-28-13-10-14-29(37)21-28)35(41)25-40(47(43,44)31-15-8-5-9-16-31)30-17-18-33-34(23-30)46-20-19-45-33/h4-18,21,23,26,32H,3,19-20,22,24-25H2,1-2H3,(H,38,42)/t26-,32-/m1/s1. The molecule has 9 nitrogen and oxygen atoms in total. The van der Waals surface area contributed by atoms with Crippen LogP contribution in [0.4, 0.5) is 5.69 Å². The van der Waals surface area contributed by atoms with Crippen LogP contribution in [0.5, 0.6) is 11.5 Å². The molecule has 246 valence electrons. The van der Waals surface area contributed by atoms with Crippen molar-refractivity contribution in [2.24, 2.45) is 0 Å². The highest BCUT2D eigenvalue weighted by Crippen LogP contribution is 2.36. The van der Waals surface area contributed by atoms with Crippen LogP contribution < -0.4 is 19.1 Å². The van der Waals surface area contributed by atoms with Crippen LogP contribution in [0.1, 0.15) is 31.4 Å². The van der Waals surface area contributed by atoms with E-state index in [1.54, 1.807) is 36.4 Å². The molecule has 0 radical (unpaired) electrons. The van der Waals surface area contributed by atoms with E-state index in [-0.39, 0.29) is 35.5 Å². The number of sulfonamides is 1. The number of nitrogens with one attached hydrogen (secondary N) is 1. The van der Waals surface area contributed by atoms with Crippen LogP contribution in [0.2, 0.25) is 0 Å². The van der Waals surface area contributed by atoms with Crippen LogP contribution in [0.3, 0.4) is 0 Å². The van der Waals surface area contributed by atoms with Crippen molar-refractivity contribution in [3.05, 3.63) is 119 Å². The van der Waals surface area contributed by atoms with Crippen LogP contribution in [0.25, 0.3) is 0 Å². The van der Waals surface area contributed by atoms with Crippen molar-refractivity contribution in [2.75, 3.05) is 24.1 Å². The summed E-state index contributed by atoms with van der Waals surface area (Å²) in [5.41, 5.74) is 1.88. The monoisotopic (exact) mass is 719 g/mol. The number of fused-ring (bicyclic) bond motifs is 1. The Morgan fingerprint density at radius 2 is 1.51 bits per heavy atom. The molecule has 0 aliphatic carbocycles. The molecule has 0 spiro atoms. The molecule has 0 bridgehead atoms. The summed E-state index contributed by atoms with van der Waals surface area (Å²) in [4.78, 5) is 30.1. The fraction of sp³-hybridized carbons (Fsp3) is 0.278. The van der Waals surface area contributed by atoms with E-state index >= 15 is 0 Å². The maximum Gasteiger partial charge on any atom is 0.264 e. The smallest absolute Gasteiger partial charge is 0.264 e. The van der Waals surface area contributed by atoms with E-state index in [1.165, 1.54) is 17.0 Å². The molecule has 1 aliphatic rings. The van der Waals surface area contributed by atoms with E-state index in [0.717, 1.165) is 19.9 Å². The van der Waals surface area contributed by atoms with Crippen molar-refractivity contribution >= 4 is 43.5 Å². The van der Waals surface area contributed by atoms with Gasteiger partial charge in [0.2, 0.25) is 11.8 Å². The number of anilines is 1. The Labute approximate surface area is 284 Å². The molecular formula is C36H38BrN3O6S. The molecule has 5 rings (SSSR count). The van der Waals surface area contributed by atoms with Gasteiger partial charge in [-0.2, -0.15) is 0 Å². The maximum absolute atomic E-state index is 14.6. The van der Waals surface area contributed by atoms with Gasteiger partial charge in [0.1, 0.15) is 25.8 Å². The van der Waals surface area contributed by atoms with Gasteiger partial charge in [-0.05, 0) is 60.9 Å². The van der Waals surface area contributed by atoms with Crippen LogP contribution >= 0.6 is 15.9 Å². The third kappa shape index (κ3) is 8.52. The van der Waals surface area contributed by atoms with Crippen LogP contribution in [0.15, 0.2) is 112 Å². The number of hydrogen-bond donors (Lipinski definition) is 1. The van der Waals surface area contributed by atoms with Gasteiger partial charge in [0, 0.05) is 29.5 Å². The summed E-state index contributed by atoms with van der Waals surface area (Å²) < 4.78 is 41.8. The van der Waals surface area contributed by atoms with Crippen molar-refractivity contribution in [1.29, 1.82) is 0 Å². The quantitative estimate of drug-likeness (QED) is 0.183. The molecule has 1 heterocycles. The summed E-state index contributed by atoms with van der Waals surface area (Å²) in [7, 11) is -4.24. The average Bonchev–Trinajstić information content (AvgIpc) is 3.09. The zero-order chi connectivity index (χ0) is 33.4. The number of benzene rings is 4. The number of ether oxygens (including phenoxy) is 2. The van der Waals surface area contributed by atoms with Gasteiger partial charge in [-0.15, -0.1) is 0 Å². The molecule has 1 aliphatic heterocycles. The first-order valence-electron chi connectivity index (χ1n) is 15.5. The second kappa shape index (κ2) is 15.5. The van der Waals surface area contributed by atoms with Gasteiger partial charge in [-0.1, -0.05) is 83.5 Å². The van der Waals surface area contributed by atoms with Gasteiger partial charge in [-0.3, -0.25) is 13.9 Å². The lowest BCUT2D eigenvalue weighted by molar-refractivity contribution is -0.140. The van der Waals surface area contributed by atoms with E-state index < -0.39 is 28.5 Å². The third-order valence-corrected chi connectivity index (χ3v) is 10.2. The summed E-state index contributed by atoms with van der Waals surface area (Å²) in [6.07, 6.45) is 0.939. The SMILES string of the molecule is CC[C@@H](C)NC(=O)[C@@H](Cc1ccccc1)N(Cc1cccc(Br)c1)C(=O)CN(c1ccc2c(c1)OCCO2)S(=O)(=O)c1ccccc1. The number of rotatable bonds is 13. The highest BCUT2D eigenvalue weighted by Gasteiger charge is 2.35. The molecular weight excluding hydrogens is 682 g/mol. The van der Waals surface area contributed by atoms with E-state index in [1.807, 2.05) is 68.4 Å². The molecule has 0 unspecified atom stereocenters. The fourth-order valence-electron chi connectivity index (χ4n) is 5.26. The van der Waals surface area contributed by atoms with Gasteiger partial charge >= 0.3 is 0 Å². The lowest BCUT2D eigenvalue weighted by Crippen LogP contribution is -2.54. The summed E-state index contributed by atoms with van der Waals surface area (Å²) in [6.45, 7) is 4.09. The Bertz CT molecular complexity index is 1790. The number of carbonyl (C=O) groups excluding carboxylic acids is 2. The minimum absolute atomic E-state index is 0.0246. The molecule has 4 aromatic carbocycles. The molecule has 0 fully saturated rings. The average molecular weight is 721 g/mol. The number of amides is 2. The molecule has 0 saturated heterocycles. The highest BCUT2D eigenvalue weighted by molar-refractivity contribution is 9.10. The van der Waals surface area contributed by atoms with E-state index in [4.69, 9.17) is 9.47 Å². The summed E-state index contributed by atoms with van der Waals surface area (Å²) in [5, 5.41) is 3.05.